The molecule has 0 unspecified atom stereocenters. The van der Waals surface area contributed by atoms with E-state index in [0.29, 0.717) is 5.92 Å². The second-order valence-electron chi connectivity index (χ2n) is 19.8. The van der Waals surface area contributed by atoms with Gasteiger partial charge in [0.2, 0.25) is 0 Å². The molecule has 2 nitrogen and oxygen atoms in total. The molecule has 0 radical (unpaired) electrons. The summed E-state index contributed by atoms with van der Waals surface area (Å²) in [6.45, 7) is 4.79. The Morgan fingerprint density at radius 1 is 0.435 bits per heavy atom. The molecule has 10 aromatic carbocycles. The van der Waals surface area contributed by atoms with Gasteiger partial charge >= 0.3 is 0 Å². The summed E-state index contributed by atoms with van der Waals surface area (Å²) < 4.78 is 2.40. The van der Waals surface area contributed by atoms with Crippen molar-refractivity contribution >= 4 is 49.6 Å². The molecule has 11 aromatic rings. The summed E-state index contributed by atoms with van der Waals surface area (Å²) >= 11 is 0. The second kappa shape index (κ2) is 16.7. The number of hydrogen-bond donors (Lipinski definition) is 0. The van der Waals surface area contributed by atoms with Gasteiger partial charge in [0, 0.05) is 38.7 Å². The Kier molecular flexibility index (Phi) is 9.98. The van der Waals surface area contributed by atoms with Crippen LogP contribution in [0.15, 0.2) is 224 Å². The summed E-state index contributed by atoms with van der Waals surface area (Å²) in [7, 11) is 0. The fraction of sp³-hybridized carbons (Fsp3) is 0.134. The molecule has 0 saturated heterocycles. The lowest BCUT2D eigenvalue weighted by Crippen LogP contribution is -2.16. The maximum absolute atomic E-state index is 2.55. The van der Waals surface area contributed by atoms with Gasteiger partial charge in [-0.2, -0.15) is 0 Å². The zero-order valence-corrected chi connectivity index (χ0v) is 39.4. The number of fused-ring (bicyclic) bond motifs is 7. The summed E-state index contributed by atoms with van der Waals surface area (Å²) in [6, 6.07) is 84.0. The van der Waals surface area contributed by atoms with E-state index >= 15 is 0 Å². The van der Waals surface area contributed by atoms with Crippen LogP contribution in [0.5, 0.6) is 0 Å². The Balaban J connectivity index is 1.04. The minimum absolute atomic E-state index is 0.149. The van der Waals surface area contributed by atoms with Crippen molar-refractivity contribution in [3.05, 3.63) is 241 Å². The standard InChI is InChI=1S/C67H54N2/c1-67(2)60-37-13-9-30-54(60)58-36-20-34-53(66(58)67)47-25-17-28-50(43-47)69(62-39-15-11-31-55(62)57-35-19-24-46-23-18-33-52(65(46)57)45-21-5-3-6-22-45)61-38-14-10-29-51(61)48-41-42-64-59(44-48)56-32-12-16-40-63(56)68(64)49-26-7-4-8-27-49/h4,7-20,23-45H,3,5-6,21-22H2,1-2H3. The molecule has 332 valence electrons. The molecular weight excluding hydrogens is 833 g/mol. The molecule has 1 aromatic heterocycles. The molecular formula is C67H54N2. The zero-order chi connectivity index (χ0) is 46.1. The van der Waals surface area contributed by atoms with Gasteiger partial charge in [0.1, 0.15) is 0 Å². The molecule has 1 saturated carbocycles. The van der Waals surface area contributed by atoms with Crippen LogP contribution >= 0.6 is 0 Å². The highest BCUT2D eigenvalue weighted by molar-refractivity contribution is 6.11. The van der Waals surface area contributed by atoms with Crippen LogP contribution in [-0.2, 0) is 5.41 Å². The SMILES string of the molecule is CC1(C)c2ccccc2-c2cccc(-c3cccc(N(c4ccccc4-c4ccc5c(c4)c4ccccc4n5-c4ccccc4)c4ccccc4-c4cccc5cccc(C6CCCCC6)c45)c3)c21. The summed E-state index contributed by atoms with van der Waals surface area (Å²) in [5, 5.41) is 5.19. The molecule has 0 spiro atoms. The normalized spacial score (nSPS) is 14.3. The number of para-hydroxylation sites is 4. The van der Waals surface area contributed by atoms with Gasteiger partial charge in [0.15, 0.2) is 0 Å². The molecule has 2 heteroatoms. The van der Waals surface area contributed by atoms with Crippen LogP contribution in [0, 0.1) is 0 Å². The largest absolute Gasteiger partial charge is 0.309 e. The highest BCUT2D eigenvalue weighted by Crippen LogP contribution is 2.53. The van der Waals surface area contributed by atoms with E-state index in [-0.39, 0.29) is 5.41 Å². The van der Waals surface area contributed by atoms with Crippen molar-refractivity contribution in [2.45, 2.75) is 57.3 Å². The van der Waals surface area contributed by atoms with Gasteiger partial charge in [-0.3, -0.25) is 0 Å². The number of hydrogen-bond acceptors (Lipinski definition) is 1. The molecule has 2 aliphatic carbocycles. The molecule has 1 fully saturated rings. The van der Waals surface area contributed by atoms with Crippen molar-refractivity contribution in [1.82, 2.24) is 4.57 Å². The minimum Gasteiger partial charge on any atom is -0.309 e. The second-order valence-corrected chi connectivity index (χ2v) is 19.8. The van der Waals surface area contributed by atoms with E-state index in [2.05, 4.69) is 248 Å². The van der Waals surface area contributed by atoms with Crippen LogP contribution in [0.25, 0.3) is 82.8 Å². The quantitative estimate of drug-likeness (QED) is 0.148. The van der Waals surface area contributed by atoms with Crippen molar-refractivity contribution in [3.63, 3.8) is 0 Å². The summed E-state index contributed by atoms with van der Waals surface area (Å²) in [6.07, 6.45) is 6.44. The lowest BCUT2D eigenvalue weighted by Gasteiger charge is -2.31. The molecule has 0 atom stereocenters. The Labute approximate surface area is 405 Å². The van der Waals surface area contributed by atoms with Crippen LogP contribution in [0.2, 0.25) is 0 Å². The molecule has 0 aliphatic heterocycles. The third-order valence-corrected chi connectivity index (χ3v) is 15.6. The van der Waals surface area contributed by atoms with Crippen LogP contribution < -0.4 is 4.90 Å². The summed E-state index contributed by atoms with van der Waals surface area (Å²) in [5.74, 6) is 0.565. The van der Waals surface area contributed by atoms with Crippen LogP contribution in [-0.4, -0.2) is 4.57 Å². The van der Waals surface area contributed by atoms with E-state index in [4.69, 9.17) is 0 Å². The van der Waals surface area contributed by atoms with Gasteiger partial charge in [-0.05, 0) is 134 Å². The minimum atomic E-state index is -0.149. The number of benzene rings is 10. The Morgan fingerprint density at radius 3 is 1.88 bits per heavy atom. The van der Waals surface area contributed by atoms with Crippen molar-refractivity contribution in [3.8, 4) is 50.2 Å². The predicted molar refractivity (Wildman–Crippen MR) is 293 cm³/mol. The summed E-state index contributed by atoms with van der Waals surface area (Å²) in [4.78, 5) is 2.55. The number of anilines is 3. The highest BCUT2D eigenvalue weighted by atomic mass is 15.1. The molecule has 0 amide bonds. The smallest absolute Gasteiger partial charge is 0.0541 e. The average molecular weight is 887 g/mol. The average Bonchev–Trinajstić information content (AvgIpc) is 3.87. The molecule has 0 bridgehead atoms. The predicted octanol–water partition coefficient (Wildman–Crippen LogP) is 18.8. The van der Waals surface area contributed by atoms with Gasteiger partial charge in [-0.1, -0.05) is 203 Å². The van der Waals surface area contributed by atoms with Crippen molar-refractivity contribution < 1.29 is 0 Å². The van der Waals surface area contributed by atoms with Crippen LogP contribution in [0.1, 0.15) is 68.6 Å². The fourth-order valence-corrected chi connectivity index (χ4v) is 12.5. The number of rotatable bonds is 8. The van der Waals surface area contributed by atoms with Gasteiger partial charge in [0.05, 0.1) is 22.4 Å². The number of nitrogens with zero attached hydrogens (tertiary/aromatic N) is 2. The Morgan fingerprint density at radius 2 is 1.04 bits per heavy atom. The van der Waals surface area contributed by atoms with Gasteiger partial charge < -0.3 is 9.47 Å². The first-order chi connectivity index (χ1) is 34.0. The first kappa shape index (κ1) is 41.3. The van der Waals surface area contributed by atoms with Crippen LogP contribution in [0.4, 0.5) is 17.1 Å². The summed E-state index contributed by atoms with van der Waals surface area (Å²) in [5.41, 5.74) is 21.1. The molecule has 69 heavy (non-hydrogen) atoms. The molecule has 0 N–H and O–H groups in total. The van der Waals surface area contributed by atoms with Crippen molar-refractivity contribution in [2.24, 2.45) is 0 Å². The van der Waals surface area contributed by atoms with Gasteiger partial charge in [-0.15, -0.1) is 0 Å². The maximum atomic E-state index is 2.55. The first-order valence-electron chi connectivity index (χ1n) is 25.0. The Hall–Kier alpha value is -7.94. The highest BCUT2D eigenvalue weighted by Gasteiger charge is 2.37. The van der Waals surface area contributed by atoms with Crippen molar-refractivity contribution in [2.75, 3.05) is 4.90 Å². The third-order valence-electron chi connectivity index (χ3n) is 15.6. The topological polar surface area (TPSA) is 8.17 Å². The van der Waals surface area contributed by atoms with E-state index in [1.807, 2.05) is 0 Å². The molecule has 1 heterocycles. The third kappa shape index (κ3) is 6.76. The van der Waals surface area contributed by atoms with E-state index < -0.39 is 0 Å². The van der Waals surface area contributed by atoms with Gasteiger partial charge in [0.25, 0.3) is 0 Å². The lowest BCUT2D eigenvalue weighted by atomic mass is 9.79. The van der Waals surface area contributed by atoms with Crippen molar-refractivity contribution in [1.29, 1.82) is 0 Å². The van der Waals surface area contributed by atoms with Gasteiger partial charge in [-0.25, -0.2) is 0 Å². The van der Waals surface area contributed by atoms with E-state index in [0.717, 1.165) is 22.7 Å². The monoisotopic (exact) mass is 886 g/mol. The van der Waals surface area contributed by atoms with Crippen LogP contribution in [0.3, 0.4) is 0 Å². The lowest BCUT2D eigenvalue weighted by molar-refractivity contribution is 0.445. The first-order valence-corrected chi connectivity index (χ1v) is 25.0. The maximum Gasteiger partial charge on any atom is 0.0541 e. The molecule has 13 rings (SSSR count). The number of aromatic nitrogens is 1. The zero-order valence-electron chi connectivity index (χ0n) is 39.4. The van der Waals surface area contributed by atoms with E-state index in [1.54, 1.807) is 0 Å². The Bertz CT molecular complexity index is 3750. The van der Waals surface area contributed by atoms with E-state index in [1.165, 1.54) is 126 Å². The fourth-order valence-electron chi connectivity index (χ4n) is 12.5. The molecule has 2 aliphatic rings. The van der Waals surface area contributed by atoms with E-state index in [9.17, 15) is 0 Å².